The summed E-state index contributed by atoms with van der Waals surface area (Å²) >= 11 is 0. The van der Waals surface area contributed by atoms with Crippen molar-refractivity contribution in [2.45, 2.75) is 26.5 Å². The van der Waals surface area contributed by atoms with Gasteiger partial charge in [0.1, 0.15) is 17.8 Å². The second kappa shape index (κ2) is 11.3. The van der Waals surface area contributed by atoms with Crippen LogP contribution in [0.25, 0.3) is 11.5 Å². The number of guanidine groups is 1. The number of aryl methyl sites for hydroxylation is 1. The Morgan fingerprint density at radius 2 is 2.00 bits per heavy atom. The lowest BCUT2D eigenvalue weighted by Crippen LogP contribution is -2.38. The maximum absolute atomic E-state index is 13.9. The van der Waals surface area contributed by atoms with E-state index in [2.05, 4.69) is 20.6 Å². The van der Waals surface area contributed by atoms with Crippen LogP contribution in [-0.4, -0.2) is 31.3 Å². The highest BCUT2D eigenvalue weighted by molar-refractivity contribution is 14.0. The molecule has 9 heteroatoms. The zero-order valence-corrected chi connectivity index (χ0v) is 20.3. The van der Waals surface area contributed by atoms with Gasteiger partial charge in [0, 0.05) is 24.7 Å². The van der Waals surface area contributed by atoms with E-state index in [1.165, 1.54) is 17.7 Å². The average Bonchev–Trinajstić information content (AvgIpc) is 3.25. The summed E-state index contributed by atoms with van der Waals surface area (Å²) in [5, 5.41) is 6.44. The SMILES string of the molecule is CN=C(NCCc1cc(F)cc2c1OCOC2)NCc1coc(-c2ccc(C)cc2)n1.I. The quantitative estimate of drug-likeness (QED) is 0.272. The fourth-order valence-electron chi connectivity index (χ4n) is 3.37. The molecule has 0 saturated heterocycles. The third-order valence-electron chi connectivity index (χ3n) is 4.95. The fraction of sp³-hybridized carbons (Fsp3) is 0.304. The van der Waals surface area contributed by atoms with Crippen molar-refractivity contribution in [3.63, 3.8) is 0 Å². The molecule has 2 heterocycles. The molecule has 0 bridgehead atoms. The first-order valence-electron chi connectivity index (χ1n) is 10.1. The minimum Gasteiger partial charge on any atom is -0.467 e. The van der Waals surface area contributed by atoms with Crippen molar-refractivity contribution in [2.75, 3.05) is 20.4 Å². The van der Waals surface area contributed by atoms with E-state index in [4.69, 9.17) is 13.9 Å². The summed E-state index contributed by atoms with van der Waals surface area (Å²) in [5.74, 6) is 1.62. The number of fused-ring (bicyclic) bond motifs is 1. The van der Waals surface area contributed by atoms with Crippen molar-refractivity contribution < 1.29 is 18.3 Å². The van der Waals surface area contributed by atoms with Gasteiger partial charge < -0.3 is 24.5 Å². The number of aliphatic imine (C=N–C) groups is 1. The summed E-state index contributed by atoms with van der Waals surface area (Å²) < 4.78 is 30.3. The Bertz CT molecular complexity index is 1070. The van der Waals surface area contributed by atoms with E-state index in [0.29, 0.717) is 43.7 Å². The maximum atomic E-state index is 13.9. The Hall–Kier alpha value is -2.66. The number of ether oxygens (including phenoxy) is 2. The minimum absolute atomic E-state index is 0. The Balaban J connectivity index is 0.00000289. The second-order valence-electron chi connectivity index (χ2n) is 7.28. The van der Waals surface area contributed by atoms with Crippen LogP contribution >= 0.6 is 24.0 Å². The molecule has 4 rings (SSSR count). The molecule has 0 fully saturated rings. The van der Waals surface area contributed by atoms with Crippen LogP contribution in [0.5, 0.6) is 5.75 Å². The normalized spacial score (nSPS) is 13.0. The molecule has 0 atom stereocenters. The molecule has 0 spiro atoms. The first-order valence-corrected chi connectivity index (χ1v) is 10.1. The Labute approximate surface area is 203 Å². The van der Waals surface area contributed by atoms with E-state index >= 15 is 0 Å². The molecular weight excluding hydrogens is 526 g/mol. The van der Waals surface area contributed by atoms with Gasteiger partial charge in [0.25, 0.3) is 0 Å². The maximum Gasteiger partial charge on any atom is 0.226 e. The Morgan fingerprint density at radius 3 is 2.78 bits per heavy atom. The first kappa shape index (κ1) is 24.0. The fourth-order valence-corrected chi connectivity index (χ4v) is 3.37. The molecule has 2 aromatic carbocycles. The van der Waals surface area contributed by atoms with Gasteiger partial charge in [-0.1, -0.05) is 17.7 Å². The largest absolute Gasteiger partial charge is 0.467 e. The third-order valence-corrected chi connectivity index (χ3v) is 4.95. The highest BCUT2D eigenvalue weighted by Gasteiger charge is 2.17. The van der Waals surface area contributed by atoms with E-state index in [1.807, 2.05) is 31.2 Å². The molecule has 1 aliphatic heterocycles. The van der Waals surface area contributed by atoms with Gasteiger partial charge >= 0.3 is 0 Å². The Kier molecular flexibility index (Phi) is 8.46. The van der Waals surface area contributed by atoms with Crippen LogP contribution in [0.2, 0.25) is 0 Å². The number of hydrogen-bond acceptors (Lipinski definition) is 5. The van der Waals surface area contributed by atoms with Gasteiger partial charge in [0.05, 0.1) is 18.8 Å². The van der Waals surface area contributed by atoms with Gasteiger partial charge in [-0.15, -0.1) is 24.0 Å². The minimum atomic E-state index is -0.291. The average molecular weight is 552 g/mol. The smallest absolute Gasteiger partial charge is 0.226 e. The van der Waals surface area contributed by atoms with Crippen LogP contribution in [0.1, 0.15) is 22.4 Å². The van der Waals surface area contributed by atoms with Gasteiger partial charge in [0.2, 0.25) is 5.89 Å². The van der Waals surface area contributed by atoms with E-state index in [-0.39, 0.29) is 36.6 Å². The summed E-state index contributed by atoms with van der Waals surface area (Å²) in [4.78, 5) is 8.74. The summed E-state index contributed by atoms with van der Waals surface area (Å²) in [5.41, 5.74) is 4.43. The van der Waals surface area contributed by atoms with Crippen molar-refractivity contribution in [2.24, 2.45) is 4.99 Å². The predicted molar refractivity (Wildman–Crippen MR) is 131 cm³/mol. The van der Waals surface area contributed by atoms with Crippen LogP contribution in [0, 0.1) is 12.7 Å². The lowest BCUT2D eigenvalue weighted by molar-refractivity contribution is -0.0172. The van der Waals surface area contributed by atoms with E-state index in [9.17, 15) is 4.39 Å². The van der Waals surface area contributed by atoms with Gasteiger partial charge in [-0.2, -0.15) is 0 Å². The third kappa shape index (κ3) is 5.98. The molecule has 0 aliphatic carbocycles. The van der Waals surface area contributed by atoms with Gasteiger partial charge in [0.15, 0.2) is 12.8 Å². The zero-order chi connectivity index (χ0) is 21.6. The van der Waals surface area contributed by atoms with Crippen molar-refractivity contribution >= 4 is 29.9 Å². The topological polar surface area (TPSA) is 80.9 Å². The molecule has 1 aromatic heterocycles. The molecule has 2 N–H and O–H groups in total. The number of benzene rings is 2. The standard InChI is InChI=1S/C23H25FN4O3.HI/c1-15-3-5-16(6-4-15)22-28-20(13-30-22)11-27-23(25-2)26-8-7-17-9-19(24)10-18-12-29-14-31-21(17)18;/h3-6,9-10,13H,7-8,11-12,14H2,1-2H3,(H2,25,26,27);1H. The highest BCUT2D eigenvalue weighted by Crippen LogP contribution is 2.29. The number of hydrogen-bond donors (Lipinski definition) is 2. The molecule has 1 aliphatic rings. The van der Waals surface area contributed by atoms with Crippen LogP contribution in [-0.2, 0) is 24.3 Å². The number of oxazole rings is 1. The van der Waals surface area contributed by atoms with Crippen molar-refractivity contribution in [1.29, 1.82) is 0 Å². The lowest BCUT2D eigenvalue weighted by Gasteiger charge is -2.21. The van der Waals surface area contributed by atoms with Gasteiger partial charge in [-0.25, -0.2) is 9.37 Å². The lowest BCUT2D eigenvalue weighted by atomic mass is 10.1. The van der Waals surface area contributed by atoms with Crippen LogP contribution < -0.4 is 15.4 Å². The summed E-state index contributed by atoms with van der Waals surface area (Å²) in [6.07, 6.45) is 2.22. The van der Waals surface area contributed by atoms with Gasteiger partial charge in [-0.05, 0) is 43.2 Å². The molecule has 7 nitrogen and oxygen atoms in total. The molecule has 3 aromatic rings. The summed E-state index contributed by atoms with van der Waals surface area (Å²) in [7, 11) is 1.69. The number of aromatic nitrogens is 1. The van der Waals surface area contributed by atoms with Gasteiger partial charge in [-0.3, -0.25) is 4.99 Å². The molecule has 0 radical (unpaired) electrons. The van der Waals surface area contributed by atoms with Crippen LogP contribution in [0.3, 0.4) is 0 Å². The predicted octanol–water partition coefficient (Wildman–Crippen LogP) is 4.18. The molecule has 32 heavy (non-hydrogen) atoms. The van der Waals surface area contributed by atoms with Crippen LogP contribution in [0.4, 0.5) is 4.39 Å². The number of nitrogens with zero attached hydrogens (tertiary/aromatic N) is 2. The Morgan fingerprint density at radius 1 is 1.19 bits per heavy atom. The van der Waals surface area contributed by atoms with Crippen molar-refractivity contribution in [1.82, 2.24) is 15.6 Å². The number of halogens is 2. The van der Waals surface area contributed by atoms with E-state index in [0.717, 1.165) is 22.4 Å². The van der Waals surface area contributed by atoms with Crippen molar-refractivity contribution in [3.8, 4) is 17.2 Å². The molecular formula is C23H26FIN4O3. The second-order valence-corrected chi connectivity index (χ2v) is 7.28. The summed E-state index contributed by atoms with van der Waals surface area (Å²) in [6, 6.07) is 11.0. The van der Waals surface area contributed by atoms with Crippen molar-refractivity contribution in [3.05, 3.63) is 70.9 Å². The molecule has 170 valence electrons. The first-order chi connectivity index (χ1) is 15.1. The molecule has 0 unspecified atom stereocenters. The van der Waals surface area contributed by atoms with E-state index in [1.54, 1.807) is 13.3 Å². The monoisotopic (exact) mass is 552 g/mol. The molecule has 0 amide bonds. The highest BCUT2D eigenvalue weighted by atomic mass is 127. The number of rotatable bonds is 6. The summed E-state index contributed by atoms with van der Waals surface area (Å²) in [6.45, 7) is 3.61. The molecule has 0 saturated carbocycles. The zero-order valence-electron chi connectivity index (χ0n) is 18.0. The number of nitrogens with one attached hydrogen (secondary N) is 2. The van der Waals surface area contributed by atoms with E-state index < -0.39 is 0 Å². The van der Waals surface area contributed by atoms with Crippen LogP contribution in [0.15, 0.2) is 52.1 Å².